The number of rotatable bonds is 13. The topological polar surface area (TPSA) is 113 Å². The van der Waals surface area contributed by atoms with E-state index in [2.05, 4.69) is 45.2 Å². The number of nitrogens with two attached hydrogens (primary N) is 1. The molecule has 0 bridgehead atoms. The maximum Gasteiger partial charge on any atom is 0.221 e. The van der Waals surface area contributed by atoms with Crippen LogP contribution in [0.1, 0.15) is 37.5 Å². The lowest BCUT2D eigenvalue weighted by atomic mass is 10.00. The number of ether oxygens (including phenoxy) is 2. The first-order chi connectivity index (χ1) is 19.0. The second-order valence-electron chi connectivity index (χ2n) is 9.75. The number of piperazine rings is 1. The number of benzene rings is 2. The number of carbonyl (C=O) groups excluding carboxylic acids is 1. The van der Waals surface area contributed by atoms with Gasteiger partial charge in [0.15, 0.2) is 11.5 Å². The second kappa shape index (κ2) is 13.6. The lowest BCUT2D eigenvalue weighted by molar-refractivity contribution is -0.117. The highest BCUT2D eigenvalue weighted by Gasteiger charge is 2.20. The average Bonchev–Trinajstić information content (AvgIpc) is 2.92. The molecule has 9 heteroatoms. The molecule has 210 valence electrons. The SMILES string of the molecule is CCOc1cc2ncc(CC(N)=O)c(Nc3cccc(CN4CCN(CCO)CC4)c3CC)c2cc1OCC. The predicted molar refractivity (Wildman–Crippen MR) is 155 cm³/mol. The zero-order valence-corrected chi connectivity index (χ0v) is 23.3. The fourth-order valence-electron chi connectivity index (χ4n) is 5.25. The molecule has 0 aliphatic carbocycles. The number of aliphatic hydroxyl groups excluding tert-OH is 1. The van der Waals surface area contributed by atoms with E-state index in [0.29, 0.717) is 24.7 Å². The van der Waals surface area contributed by atoms with Crippen LogP contribution in [-0.2, 0) is 24.2 Å². The van der Waals surface area contributed by atoms with E-state index in [-0.39, 0.29) is 13.0 Å². The van der Waals surface area contributed by atoms with E-state index in [4.69, 9.17) is 15.2 Å². The average molecular weight is 536 g/mol. The zero-order valence-electron chi connectivity index (χ0n) is 23.3. The number of nitrogens with one attached hydrogen (secondary N) is 1. The van der Waals surface area contributed by atoms with Crippen LogP contribution in [0.2, 0.25) is 0 Å². The van der Waals surface area contributed by atoms with Gasteiger partial charge in [0.05, 0.1) is 37.4 Å². The smallest absolute Gasteiger partial charge is 0.221 e. The number of anilines is 2. The maximum atomic E-state index is 12.0. The second-order valence-corrected chi connectivity index (χ2v) is 9.75. The predicted octanol–water partition coefficient (Wildman–Crippen LogP) is 3.48. The molecule has 2 aromatic carbocycles. The molecule has 4 rings (SSSR count). The van der Waals surface area contributed by atoms with Crippen molar-refractivity contribution in [2.45, 2.75) is 40.2 Å². The van der Waals surface area contributed by atoms with Crippen molar-refractivity contribution < 1.29 is 19.4 Å². The van der Waals surface area contributed by atoms with Gasteiger partial charge >= 0.3 is 0 Å². The molecule has 3 aromatic rings. The Morgan fingerprint density at radius 2 is 1.72 bits per heavy atom. The summed E-state index contributed by atoms with van der Waals surface area (Å²) < 4.78 is 11.7. The van der Waals surface area contributed by atoms with Crippen LogP contribution in [0.15, 0.2) is 36.5 Å². The van der Waals surface area contributed by atoms with Crippen LogP contribution in [0.5, 0.6) is 11.5 Å². The summed E-state index contributed by atoms with van der Waals surface area (Å²) in [7, 11) is 0. The van der Waals surface area contributed by atoms with Crippen LogP contribution < -0.4 is 20.5 Å². The number of primary amides is 1. The Labute approximate surface area is 230 Å². The molecule has 0 unspecified atom stereocenters. The molecule has 0 atom stereocenters. The summed E-state index contributed by atoms with van der Waals surface area (Å²) in [4.78, 5) is 21.4. The zero-order chi connectivity index (χ0) is 27.8. The number of fused-ring (bicyclic) bond motifs is 1. The lowest BCUT2D eigenvalue weighted by Gasteiger charge is -2.34. The highest BCUT2D eigenvalue weighted by atomic mass is 16.5. The van der Waals surface area contributed by atoms with Gasteiger partial charge in [0.2, 0.25) is 5.91 Å². The van der Waals surface area contributed by atoms with Gasteiger partial charge in [-0.2, -0.15) is 0 Å². The van der Waals surface area contributed by atoms with Crippen molar-refractivity contribution in [2.75, 3.05) is 57.9 Å². The van der Waals surface area contributed by atoms with Crippen LogP contribution in [0.25, 0.3) is 10.9 Å². The first-order valence-corrected chi connectivity index (χ1v) is 13.9. The largest absolute Gasteiger partial charge is 0.490 e. The Hall–Kier alpha value is -3.40. The van der Waals surface area contributed by atoms with Gasteiger partial charge < -0.3 is 25.6 Å². The fourth-order valence-corrected chi connectivity index (χ4v) is 5.25. The molecular weight excluding hydrogens is 494 g/mol. The number of β-amino-alcohol motifs (C(OH)–C–C–N with tert-alkyl or cyclic N) is 1. The van der Waals surface area contributed by atoms with Gasteiger partial charge in [-0.1, -0.05) is 19.1 Å². The molecule has 0 spiro atoms. The first-order valence-electron chi connectivity index (χ1n) is 13.9. The van der Waals surface area contributed by atoms with Crippen molar-refractivity contribution >= 4 is 28.2 Å². The number of carbonyl (C=O) groups is 1. The summed E-state index contributed by atoms with van der Waals surface area (Å²) in [5, 5.41) is 13.8. The van der Waals surface area contributed by atoms with E-state index in [1.807, 2.05) is 26.0 Å². The monoisotopic (exact) mass is 535 g/mol. The van der Waals surface area contributed by atoms with E-state index in [9.17, 15) is 9.90 Å². The van der Waals surface area contributed by atoms with Crippen LogP contribution in [0.4, 0.5) is 11.4 Å². The molecule has 0 saturated carbocycles. The van der Waals surface area contributed by atoms with Gasteiger partial charge in [0.25, 0.3) is 0 Å². The molecule has 39 heavy (non-hydrogen) atoms. The summed E-state index contributed by atoms with van der Waals surface area (Å²) in [5.74, 6) is 0.862. The third kappa shape index (κ3) is 6.98. The van der Waals surface area contributed by atoms with Crippen molar-refractivity contribution in [1.82, 2.24) is 14.8 Å². The molecule has 1 saturated heterocycles. The third-order valence-electron chi connectivity index (χ3n) is 7.14. The normalized spacial score (nSPS) is 14.5. The summed E-state index contributed by atoms with van der Waals surface area (Å²) >= 11 is 0. The molecule has 2 heterocycles. The lowest BCUT2D eigenvalue weighted by Crippen LogP contribution is -2.46. The minimum atomic E-state index is -0.417. The van der Waals surface area contributed by atoms with E-state index < -0.39 is 5.91 Å². The molecule has 4 N–H and O–H groups in total. The number of pyridine rings is 1. The van der Waals surface area contributed by atoms with E-state index in [1.165, 1.54) is 11.1 Å². The van der Waals surface area contributed by atoms with Gasteiger partial charge in [-0.3, -0.25) is 19.6 Å². The molecule has 1 fully saturated rings. The fraction of sp³-hybridized carbons (Fsp3) is 0.467. The number of aromatic nitrogens is 1. The summed E-state index contributed by atoms with van der Waals surface area (Å²) in [6, 6.07) is 10.2. The van der Waals surface area contributed by atoms with Gasteiger partial charge in [0.1, 0.15) is 0 Å². The van der Waals surface area contributed by atoms with Crippen LogP contribution in [-0.4, -0.2) is 78.3 Å². The van der Waals surface area contributed by atoms with Crippen LogP contribution >= 0.6 is 0 Å². The Morgan fingerprint density at radius 1 is 1.03 bits per heavy atom. The molecule has 9 nitrogen and oxygen atoms in total. The first kappa shape index (κ1) is 28.6. The molecule has 0 radical (unpaired) electrons. The summed E-state index contributed by atoms with van der Waals surface area (Å²) in [5.41, 5.74) is 11.4. The molecule has 1 aliphatic rings. The number of nitrogens with zero attached hydrogens (tertiary/aromatic N) is 3. The quantitative estimate of drug-likeness (QED) is 0.305. The van der Waals surface area contributed by atoms with Crippen molar-refractivity contribution in [2.24, 2.45) is 5.73 Å². The van der Waals surface area contributed by atoms with Crippen molar-refractivity contribution in [1.29, 1.82) is 0 Å². The van der Waals surface area contributed by atoms with Gasteiger partial charge in [-0.15, -0.1) is 0 Å². The van der Waals surface area contributed by atoms with Crippen molar-refractivity contribution in [3.63, 3.8) is 0 Å². The van der Waals surface area contributed by atoms with Gasteiger partial charge in [0, 0.05) is 68.2 Å². The van der Waals surface area contributed by atoms with E-state index >= 15 is 0 Å². The number of aliphatic hydroxyl groups is 1. The molecular formula is C30H41N5O4. The molecule has 1 aromatic heterocycles. The van der Waals surface area contributed by atoms with Crippen LogP contribution in [0, 0.1) is 0 Å². The minimum Gasteiger partial charge on any atom is -0.490 e. The van der Waals surface area contributed by atoms with E-state index in [0.717, 1.165) is 73.5 Å². The Morgan fingerprint density at radius 3 is 2.36 bits per heavy atom. The molecule has 1 aliphatic heterocycles. The Kier molecular flexibility index (Phi) is 9.97. The van der Waals surface area contributed by atoms with Crippen LogP contribution in [0.3, 0.4) is 0 Å². The third-order valence-corrected chi connectivity index (χ3v) is 7.14. The minimum absolute atomic E-state index is 0.0712. The van der Waals surface area contributed by atoms with Gasteiger partial charge in [-0.05, 0) is 43.5 Å². The highest BCUT2D eigenvalue weighted by Crippen LogP contribution is 2.38. The summed E-state index contributed by atoms with van der Waals surface area (Å²) in [6.07, 6.45) is 2.64. The highest BCUT2D eigenvalue weighted by molar-refractivity contribution is 5.98. The number of hydrogen-bond acceptors (Lipinski definition) is 8. The van der Waals surface area contributed by atoms with Crippen molar-refractivity contribution in [3.05, 3.63) is 53.2 Å². The standard InChI is InChI=1S/C30H41N5O4/c1-4-23-21(20-35-12-10-34(11-13-35)14-15-36)8-7-9-25(23)33-30-22(16-29(31)37)19-32-26-18-28(39-6-3)27(38-5-2)17-24(26)30/h7-9,17-19,36H,4-6,10-16,20H2,1-3H3,(H2,31,37)(H,32,33). The Balaban J connectivity index is 1.71. The summed E-state index contributed by atoms with van der Waals surface area (Å²) in [6.45, 7) is 12.7. The van der Waals surface area contributed by atoms with E-state index in [1.54, 1.807) is 6.20 Å². The van der Waals surface area contributed by atoms with Crippen molar-refractivity contribution in [3.8, 4) is 11.5 Å². The molecule has 1 amide bonds. The number of hydrogen-bond donors (Lipinski definition) is 3. The van der Waals surface area contributed by atoms with Gasteiger partial charge in [-0.25, -0.2) is 0 Å². The number of amides is 1. The Bertz CT molecular complexity index is 1270. The maximum absolute atomic E-state index is 12.0.